The summed E-state index contributed by atoms with van der Waals surface area (Å²) in [6, 6.07) is 0.506. The van der Waals surface area contributed by atoms with Crippen LogP contribution in [0.4, 0.5) is 0 Å². The van der Waals surface area contributed by atoms with E-state index in [4.69, 9.17) is 4.99 Å². The standard InChI is InChI=1S/C18H39N5O/c1-5-7-17(8-13-24)15-21-18(19-6-2)20-14-16(3)23-11-9-22(4)10-12-23/h16-17,24H,5-15H2,1-4H3,(H2,19,20,21). The zero-order valence-electron chi connectivity index (χ0n) is 16.2. The lowest BCUT2D eigenvalue weighted by Crippen LogP contribution is -2.52. The smallest absolute Gasteiger partial charge is 0.191 e. The molecule has 24 heavy (non-hydrogen) atoms. The quantitative estimate of drug-likeness (QED) is 0.408. The highest BCUT2D eigenvalue weighted by molar-refractivity contribution is 5.79. The van der Waals surface area contributed by atoms with Gasteiger partial charge in [0.2, 0.25) is 0 Å². The van der Waals surface area contributed by atoms with Crippen LogP contribution in [0.3, 0.4) is 0 Å². The number of hydrogen-bond acceptors (Lipinski definition) is 4. The molecule has 1 fully saturated rings. The third-order valence-corrected chi connectivity index (χ3v) is 4.81. The Hall–Kier alpha value is -0.850. The molecule has 0 aromatic heterocycles. The van der Waals surface area contributed by atoms with Crippen LogP contribution in [0.1, 0.15) is 40.0 Å². The molecule has 0 aromatic rings. The Labute approximate surface area is 148 Å². The van der Waals surface area contributed by atoms with Crippen LogP contribution in [-0.2, 0) is 0 Å². The van der Waals surface area contributed by atoms with Crippen molar-refractivity contribution in [3.8, 4) is 0 Å². The number of nitrogens with one attached hydrogen (secondary N) is 2. The van der Waals surface area contributed by atoms with Gasteiger partial charge in [-0.2, -0.15) is 0 Å². The second-order valence-corrected chi connectivity index (χ2v) is 6.96. The van der Waals surface area contributed by atoms with E-state index in [2.05, 4.69) is 48.3 Å². The number of piperazine rings is 1. The van der Waals surface area contributed by atoms with Crippen LogP contribution in [-0.4, -0.2) is 86.4 Å². The topological polar surface area (TPSA) is 63.1 Å². The monoisotopic (exact) mass is 341 g/mol. The molecular weight excluding hydrogens is 302 g/mol. The van der Waals surface area contributed by atoms with Crippen molar-refractivity contribution >= 4 is 5.96 Å². The van der Waals surface area contributed by atoms with Crippen molar-refractivity contribution in [2.75, 3.05) is 59.5 Å². The largest absolute Gasteiger partial charge is 0.396 e. The summed E-state index contributed by atoms with van der Waals surface area (Å²) in [7, 11) is 2.19. The fourth-order valence-corrected chi connectivity index (χ4v) is 3.12. The molecule has 1 aliphatic rings. The molecule has 1 heterocycles. The van der Waals surface area contributed by atoms with Gasteiger partial charge >= 0.3 is 0 Å². The van der Waals surface area contributed by atoms with Crippen LogP contribution < -0.4 is 10.6 Å². The van der Waals surface area contributed by atoms with Gasteiger partial charge in [0.05, 0.1) is 0 Å². The van der Waals surface area contributed by atoms with Gasteiger partial charge in [0.1, 0.15) is 0 Å². The van der Waals surface area contributed by atoms with E-state index in [-0.39, 0.29) is 6.61 Å². The Kier molecular flexibility index (Phi) is 11.0. The van der Waals surface area contributed by atoms with Crippen LogP contribution in [0, 0.1) is 5.92 Å². The molecule has 0 saturated carbocycles. The van der Waals surface area contributed by atoms with E-state index in [1.54, 1.807) is 0 Å². The molecule has 2 atom stereocenters. The van der Waals surface area contributed by atoms with Crippen LogP contribution >= 0.6 is 0 Å². The summed E-state index contributed by atoms with van der Waals surface area (Å²) in [5.74, 6) is 1.38. The van der Waals surface area contributed by atoms with Crippen LogP contribution in [0.15, 0.2) is 4.99 Å². The van der Waals surface area contributed by atoms with Gasteiger partial charge in [0.25, 0.3) is 0 Å². The van der Waals surface area contributed by atoms with E-state index >= 15 is 0 Å². The van der Waals surface area contributed by atoms with Crippen molar-refractivity contribution in [1.29, 1.82) is 0 Å². The number of hydrogen-bond donors (Lipinski definition) is 3. The molecule has 0 aromatic carbocycles. The molecule has 2 unspecified atom stereocenters. The zero-order chi connectivity index (χ0) is 17.8. The first-order chi connectivity index (χ1) is 11.6. The van der Waals surface area contributed by atoms with Crippen LogP contribution in [0.5, 0.6) is 0 Å². The normalized spacial score (nSPS) is 20.0. The second-order valence-electron chi connectivity index (χ2n) is 6.96. The second kappa shape index (κ2) is 12.5. The molecule has 1 saturated heterocycles. The van der Waals surface area contributed by atoms with Crippen LogP contribution in [0.25, 0.3) is 0 Å². The van der Waals surface area contributed by atoms with Gasteiger partial charge in [-0.15, -0.1) is 0 Å². The maximum atomic E-state index is 9.18. The van der Waals surface area contributed by atoms with Gasteiger partial charge in [0.15, 0.2) is 5.96 Å². The van der Waals surface area contributed by atoms with E-state index in [0.29, 0.717) is 12.0 Å². The number of aliphatic imine (C=N–C) groups is 1. The molecule has 0 bridgehead atoms. The molecule has 6 nitrogen and oxygen atoms in total. The van der Waals surface area contributed by atoms with Gasteiger partial charge in [-0.25, -0.2) is 0 Å². The minimum atomic E-state index is 0.255. The number of guanidine groups is 1. The SMILES string of the molecule is CCCC(CCO)CN=C(NCC)NCC(C)N1CCN(C)CC1. The fraction of sp³-hybridized carbons (Fsp3) is 0.944. The number of nitrogens with zero attached hydrogens (tertiary/aromatic N) is 3. The Morgan fingerprint density at radius 2 is 1.83 bits per heavy atom. The molecular formula is C18H39N5O. The van der Waals surface area contributed by atoms with Crippen molar-refractivity contribution in [3.05, 3.63) is 0 Å². The van der Waals surface area contributed by atoms with E-state index in [1.165, 1.54) is 0 Å². The maximum Gasteiger partial charge on any atom is 0.191 e. The molecule has 142 valence electrons. The Morgan fingerprint density at radius 3 is 2.42 bits per heavy atom. The minimum Gasteiger partial charge on any atom is -0.396 e. The summed E-state index contributed by atoms with van der Waals surface area (Å²) in [5, 5.41) is 16.0. The van der Waals surface area contributed by atoms with Crippen molar-refractivity contribution in [2.24, 2.45) is 10.9 Å². The highest BCUT2D eigenvalue weighted by Crippen LogP contribution is 2.11. The Morgan fingerprint density at radius 1 is 1.12 bits per heavy atom. The first-order valence-electron chi connectivity index (χ1n) is 9.66. The average Bonchev–Trinajstić information content (AvgIpc) is 2.58. The fourth-order valence-electron chi connectivity index (χ4n) is 3.12. The lowest BCUT2D eigenvalue weighted by atomic mass is 10.0. The van der Waals surface area contributed by atoms with E-state index in [0.717, 1.165) is 71.0 Å². The summed E-state index contributed by atoms with van der Waals surface area (Å²) in [6.07, 6.45) is 3.11. The maximum absolute atomic E-state index is 9.18. The lowest BCUT2D eigenvalue weighted by Gasteiger charge is -2.36. The predicted octanol–water partition coefficient (Wildman–Crippen LogP) is 0.976. The summed E-state index contributed by atoms with van der Waals surface area (Å²) in [4.78, 5) is 9.67. The first-order valence-corrected chi connectivity index (χ1v) is 9.66. The van der Waals surface area contributed by atoms with Gasteiger partial charge in [-0.1, -0.05) is 13.3 Å². The number of rotatable bonds is 10. The van der Waals surface area contributed by atoms with Crippen molar-refractivity contribution in [3.63, 3.8) is 0 Å². The number of aliphatic hydroxyl groups is 1. The number of aliphatic hydroxyl groups excluding tert-OH is 1. The predicted molar refractivity (Wildman–Crippen MR) is 103 cm³/mol. The van der Waals surface area contributed by atoms with Crippen molar-refractivity contribution in [2.45, 2.75) is 46.1 Å². The molecule has 0 radical (unpaired) electrons. The lowest BCUT2D eigenvalue weighted by molar-refractivity contribution is 0.120. The van der Waals surface area contributed by atoms with Gasteiger partial charge in [-0.3, -0.25) is 9.89 Å². The van der Waals surface area contributed by atoms with Gasteiger partial charge < -0.3 is 20.6 Å². The molecule has 1 aliphatic heterocycles. The molecule has 0 aliphatic carbocycles. The van der Waals surface area contributed by atoms with Crippen LogP contribution in [0.2, 0.25) is 0 Å². The molecule has 0 amide bonds. The van der Waals surface area contributed by atoms with Crippen molar-refractivity contribution in [1.82, 2.24) is 20.4 Å². The third-order valence-electron chi connectivity index (χ3n) is 4.81. The van der Waals surface area contributed by atoms with Crippen molar-refractivity contribution < 1.29 is 5.11 Å². The highest BCUT2D eigenvalue weighted by atomic mass is 16.3. The molecule has 3 N–H and O–H groups in total. The minimum absolute atomic E-state index is 0.255. The third kappa shape index (κ3) is 8.31. The van der Waals surface area contributed by atoms with E-state index < -0.39 is 0 Å². The molecule has 1 rings (SSSR count). The van der Waals surface area contributed by atoms with Gasteiger partial charge in [0, 0.05) is 58.5 Å². The van der Waals surface area contributed by atoms with E-state index in [9.17, 15) is 5.11 Å². The average molecular weight is 342 g/mol. The number of likely N-dealkylation sites (N-methyl/N-ethyl adjacent to an activating group) is 1. The summed E-state index contributed by atoms with van der Waals surface area (Å²) >= 11 is 0. The molecule has 0 spiro atoms. The Bertz CT molecular complexity index is 336. The zero-order valence-corrected chi connectivity index (χ0v) is 16.2. The Balaban J connectivity index is 2.44. The van der Waals surface area contributed by atoms with Gasteiger partial charge in [-0.05, 0) is 39.7 Å². The molecule has 6 heteroatoms. The summed E-state index contributed by atoms with van der Waals surface area (Å²) < 4.78 is 0. The summed E-state index contributed by atoms with van der Waals surface area (Å²) in [6.45, 7) is 14.0. The highest BCUT2D eigenvalue weighted by Gasteiger charge is 2.19. The van der Waals surface area contributed by atoms with E-state index in [1.807, 2.05) is 0 Å². The first kappa shape index (κ1) is 21.2. The summed E-state index contributed by atoms with van der Waals surface area (Å²) in [5.41, 5.74) is 0.